The van der Waals surface area contributed by atoms with Crippen molar-refractivity contribution in [1.82, 2.24) is 14.8 Å². The van der Waals surface area contributed by atoms with E-state index in [0.29, 0.717) is 12.5 Å². The van der Waals surface area contributed by atoms with Crippen LogP contribution in [0.1, 0.15) is 17.4 Å². The molecule has 0 spiro atoms. The maximum atomic E-state index is 13.7. The molecule has 1 unspecified atom stereocenters. The maximum absolute atomic E-state index is 13.7. The lowest BCUT2D eigenvalue weighted by Gasteiger charge is -2.23. The van der Waals surface area contributed by atoms with Gasteiger partial charge in [0.2, 0.25) is 0 Å². The van der Waals surface area contributed by atoms with Crippen molar-refractivity contribution in [2.75, 3.05) is 20.6 Å². The second kappa shape index (κ2) is 8.30. The number of aliphatic hydroxyl groups excluding tert-OH is 1. The second-order valence-corrected chi connectivity index (χ2v) is 6.50. The van der Waals surface area contributed by atoms with E-state index in [-0.39, 0.29) is 12.1 Å². The van der Waals surface area contributed by atoms with E-state index in [4.69, 9.17) is 0 Å². The molecule has 0 saturated carbocycles. The summed E-state index contributed by atoms with van der Waals surface area (Å²) in [5, 5.41) is 13.3. The van der Waals surface area contributed by atoms with E-state index < -0.39 is 11.9 Å². The standard InChI is InChI=1S/C17H22BrFN4O/c1-20-17(23(3)11-13-8-12(18)10-22(13)2)21-9-16(24)14-6-4-5-7-15(14)19/h4-8,10,16,24H,9,11H2,1-3H3,(H,20,21). The van der Waals surface area contributed by atoms with Crippen molar-refractivity contribution in [3.8, 4) is 0 Å². The van der Waals surface area contributed by atoms with Crippen LogP contribution < -0.4 is 5.32 Å². The molecular weight excluding hydrogens is 375 g/mol. The summed E-state index contributed by atoms with van der Waals surface area (Å²) >= 11 is 3.46. The predicted octanol–water partition coefficient (Wildman–Crippen LogP) is 2.67. The number of rotatable bonds is 5. The maximum Gasteiger partial charge on any atom is 0.193 e. The molecule has 1 heterocycles. The summed E-state index contributed by atoms with van der Waals surface area (Å²) in [5.41, 5.74) is 1.39. The fraction of sp³-hybridized carbons (Fsp3) is 0.353. The molecule has 0 aliphatic rings. The minimum absolute atomic E-state index is 0.175. The molecule has 2 N–H and O–H groups in total. The Morgan fingerprint density at radius 2 is 2.17 bits per heavy atom. The van der Waals surface area contributed by atoms with Gasteiger partial charge in [0.05, 0.1) is 12.6 Å². The molecule has 0 amide bonds. The van der Waals surface area contributed by atoms with E-state index in [1.165, 1.54) is 6.07 Å². The third-order valence-corrected chi connectivity index (χ3v) is 4.20. The highest BCUT2D eigenvalue weighted by atomic mass is 79.9. The van der Waals surface area contributed by atoms with E-state index in [2.05, 4.69) is 26.2 Å². The first-order valence-electron chi connectivity index (χ1n) is 7.57. The van der Waals surface area contributed by atoms with Gasteiger partial charge in [0.25, 0.3) is 0 Å². The average molecular weight is 397 g/mol. The lowest BCUT2D eigenvalue weighted by molar-refractivity contribution is 0.175. The van der Waals surface area contributed by atoms with E-state index in [1.807, 2.05) is 35.8 Å². The van der Waals surface area contributed by atoms with Gasteiger partial charge in [-0.05, 0) is 28.1 Å². The van der Waals surface area contributed by atoms with Crippen LogP contribution in [0.2, 0.25) is 0 Å². The zero-order valence-corrected chi connectivity index (χ0v) is 15.6. The fourth-order valence-corrected chi connectivity index (χ4v) is 3.04. The molecule has 1 aromatic carbocycles. The summed E-state index contributed by atoms with van der Waals surface area (Å²) in [6.07, 6.45) is 1.04. The summed E-state index contributed by atoms with van der Waals surface area (Å²) in [7, 11) is 5.56. The number of halogens is 2. The first kappa shape index (κ1) is 18.5. The lowest BCUT2D eigenvalue weighted by atomic mass is 10.1. The smallest absolute Gasteiger partial charge is 0.193 e. The molecule has 0 fully saturated rings. The first-order valence-corrected chi connectivity index (χ1v) is 8.36. The van der Waals surface area contributed by atoms with Gasteiger partial charge in [-0.2, -0.15) is 0 Å². The van der Waals surface area contributed by atoms with Crippen LogP contribution in [0, 0.1) is 5.82 Å². The number of aromatic nitrogens is 1. The zero-order chi connectivity index (χ0) is 17.7. The molecule has 0 bridgehead atoms. The molecule has 0 aliphatic heterocycles. The summed E-state index contributed by atoms with van der Waals surface area (Å²) in [5.74, 6) is 0.214. The van der Waals surface area contributed by atoms with Gasteiger partial charge in [-0.25, -0.2) is 4.39 Å². The lowest BCUT2D eigenvalue weighted by Crippen LogP contribution is -2.40. The quantitative estimate of drug-likeness (QED) is 0.603. The van der Waals surface area contributed by atoms with E-state index in [1.54, 1.807) is 25.2 Å². The summed E-state index contributed by atoms with van der Waals surface area (Å²) < 4.78 is 16.8. The third kappa shape index (κ3) is 4.58. The van der Waals surface area contributed by atoms with Crippen molar-refractivity contribution in [3.05, 3.63) is 58.1 Å². The molecule has 0 aliphatic carbocycles. The Bertz CT molecular complexity index is 716. The Morgan fingerprint density at radius 1 is 1.46 bits per heavy atom. The third-order valence-electron chi connectivity index (χ3n) is 3.76. The Labute approximate surface area is 149 Å². The molecular formula is C17H22BrFN4O. The van der Waals surface area contributed by atoms with Crippen LogP contribution in [0.15, 0.2) is 46.0 Å². The van der Waals surface area contributed by atoms with Gasteiger partial charge in [0, 0.05) is 49.6 Å². The second-order valence-electron chi connectivity index (χ2n) is 5.58. The molecule has 0 saturated heterocycles. The molecule has 1 atom stereocenters. The van der Waals surface area contributed by atoms with Crippen molar-refractivity contribution in [1.29, 1.82) is 0 Å². The number of nitrogens with one attached hydrogen (secondary N) is 1. The van der Waals surface area contributed by atoms with Crippen molar-refractivity contribution in [2.45, 2.75) is 12.6 Å². The van der Waals surface area contributed by atoms with Gasteiger partial charge in [-0.15, -0.1) is 0 Å². The van der Waals surface area contributed by atoms with Gasteiger partial charge in [-0.1, -0.05) is 18.2 Å². The highest BCUT2D eigenvalue weighted by Gasteiger charge is 2.15. The van der Waals surface area contributed by atoms with Crippen LogP contribution >= 0.6 is 15.9 Å². The molecule has 1 aromatic heterocycles. The number of nitrogens with zero attached hydrogens (tertiary/aromatic N) is 3. The van der Waals surface area contributed by atoms with Crippen LogP contribution in [0.5, 0.6) is 0 Å². The summed E-state index contributed by atoms with van der Waals surface area (Å²) in [4.78, 5) is 6.15. The van der Waals surface area contributed by atoms with Crippen molar-refractivity contribution in [2.24, 2.45) is 12.0 Å². The van der Waals surface area contributed by atoms with Crippen LogP contribution in [0.25, 0.3) is 0 Å². The number of aliphatic imine (C=N–C) groups is 1. The normalized spacial score (nSPS) is 13.0. The molecule has 2 aromatic rings. The fourth-order valence-electron chi connectivity index (χ4n) is 2.47. The molecule has 7 heteroatoms. The molecule has 0 radical (unpaired) electrons. The number of guanidine groups is 1. The predicted molar refractivity (Wildman–Crippen MR) is 97.3 cm³/mol. The van der Waals surface area contributed by atoms with Gasteiger partial charge in [-0.3, -0.25) is 4.99 Å². The highest BCUT2D eigenvalue weighted by molar-refractivity contribution is 9.10. The number of hydrogen-bond donors (Lipinski definition) is 2. The van der Waals surface area contributed by atoms with E-state index >= 15 is 0 Å². The molecule has 130 valence electrons. The summed E-state index contributed by atoms with van der Waals surface area (Å²) in [6, 6.07) is 8.26. The highest BCUT2D eigenvalue weighted by Crippen LogP contribution is 2.16. The minimum atomic E-state index is -0.944. The van der Waals surface area contributed by atoms with Crippen molar-refractivity contribution in [3.63, 3.8) is 0 Å². The first-order chi connectivity index (χ1) is 11.4. The van der Waals surface area contributed by atoms with Crippen LogP contribution in [-0.2, 0) is 13.6 Å². The number of benzene rings is 1. The van der Waals surface area contributed by atoms with E-state index in [9.17, 15) is 9.50 Å². The molecule has 5 nitrogen and oxygen atoms in total. The zero-order valence-electron chi connectivity index (χ0n) is 14.0. The van der Waals surface area contributed by atoms with E-state index in [0.717, 1.165) is 10.2 Å². The van der Waals surface area contributed by atoms with Gasteiger partial charge >= 0.3 is 0 Å². The number of aliphatic hydroxyl groups is 1. The summed E-state index contributed by atoms with van der Waals surface area (Å²) in [6.45, 7) is 0.826. The molecule has 2 rings (SSSR count). The Hall–Kier alpha value is -1.86. The van der Waals surface area contributed by atoms with Crippen LogP contribution in [0.4, 0.5) is 4.39 Å². The van der Waals surface area contributed by atoms with Crippen molar-refractivity contribution >= 4 is 21.9 Å². The SMILES string of the molecule is CN=C(NCC(O)c1ccccc1F)N(C)Cc1cc(Br)cn1C. The largest absolute Gasteiger partial charge is 0.386 e. The van der Waals surface area contributed by atoms with Crippen molar-refractivity contribution < 1.29 is 9.50 Å². The topological polar surface area (TPSA) is 52.8 Å². The Kier molecular flexibility index (Phi) is 6.39. The van der Waals surface area contributed by atoms with Gasteiger partial charge in [0.15, 0.2) is 5.96 Å². The Balaban J connectivity index is 1.97. The Morgan fingerprint density at radius 3 is 2.75 bits per heavy atom. The van der Waals surface area contributed by atoms with Gasteiger partial charge < -0.3 is 19.9 Å². The van der Waals surface area contributed by atoms with Gasteiger partial charge in [0.1, 0.15) is 5.82 Å². The number of aryl methyl sites for hydroxylation is 1. The monoisotopic (exact) mass is 396 g/mol. The van der Waals surface area contributed by atoms with Crippen LogP contribution in [0.3, 0.4) is 0 Å². The molecule has 24 heavy (non-hydrogen) atoms. The number of hydrogen-bond acceptors (Lipinski definition) is 2. The van der Waals surface area contributed by atoms with Crippen LogP contribution in [-0.4, -0.2) is 41.2 Å². The average Bonchev–Trinajstić information content (AvgIpc) is 2.85. The minimum Gasteiger partial charge on any atom is -0.386 e.